The Morgan fingerprint density at radius 1 is 0.830 bits per heavy atom. The lowest BCUT2D eigenvalue weighted by molar-refractivity contribution is -0.137. The fourth-order valence-electron chi connectivity index (χ4n) is 11.9. The van der Waals surface area contributed by atoms with Crippen molar-refractivity contribution in [2.45, 2.75) is 145 Å². The third-order valence-electron chi connectivity index (χ3n) is 14.9. The number of nitrogens with two attached hydrogens (primary N) is 1. The molecular weight excluding hydrogens is 672 g/mol. The molecule has 8 fully saturated rings. The van der Waals surface area contributed by atoms with Gasteiger partial charge in [0.2, 0.25) is 17.7 Å². The molecule has 14 nitrogen and oxygen atoms in total. The second-order valence-corrected chi connectivity index (χ2v) is 18.0. The van der Waals surface area contributed by atoms with E-state index in [0.717, 1.165) is 63.8 Å². The lowest BCUT2D eigenvalue weighted by Crippen LogP contribution is -2.73. The van der Waals surface area contributed by atoms with Gasteiger partial charge in [-0.05, 0) is 134 Å². The summed E-state index contributed by atoms with van der Waals surface area (Å²) in [7, 11) is 1.89. The molecule has 0 bridgehead atoms. The minimum atomic E-state index is -0.529. The molecule has 6 heterocycles. The van der Waals surface area contributed by atoms with E-state index in [1.807, 2.05) is 11.9 Å². The summed E-state index contributed by atoms with van der Waals surface area (Å²) in [5.74, 6) is 1.51. The molecule has 2 aliphatic carbocycles. The van der Waals surface area contributed by atoms with Crippen molar-refractivity contribution in [1.29, 1.82) is 0 Å². The highest BCUT2D eigenvalue weighted by Crippen LogP contribution is 2.40. The number of urea groups is 1. The standard InChI is InChI=1S/C39H66N10O4/c1-45-32-21-29(9-10-30(32)49(39(45)53)31-11-12-34(50)44-38(31)52)48-20-13-25(24-48)23-46-18-14-27(15-19-46)26-5-7-28(8-6-26)42-37-35(36(40)51)41-22-33(43-37)47-16-3-2-4-17-47/h25-33,35,37,41-43H,2-24H2,1H3,(H2,40,51)(H,44,50,52)/t25-,26?,28?,29?,30?,31-,32?,33?,35?,37?/m1/s1. The molecule has 0 spiro atoms. The lowest BCUT2D eigenvalue weighted by Gasteiger charge is -2.45. The van der Waals surface area contributed by atoms with E-state index < -0.39 is 6.04 Å². The lowest BCUT2D eigenvalue weighted by atomic mass is 9.74. The maximum Gasteiger partial charge on any atom is 0.321 e. The van der Waals surface area contributed by atoms with Gasteiger partial charge in [0, 0.05) is 45.2 Å². The first-order valence-electron chi connectivity index (χ1n) is 21.4. The van der Waals surface area contributed by atoms with Gasteiger partial charge >= 0.3 is 6.03 Å². The van der Waals surface area contributed by atoms with Gasteiger partial charge in [-0.3, -0.25) is 40.1 Å². The number of nitrogens with zero attached hydrogens (tertiary/aromatic N) is 5. The Morgan fingerprint density at radius 2 is 1.58 bits per heavy atom. The van der Waals surface area contributed by atoms with Crippen LogP contribution in [0.1, 0.15) is 96.3 Å². The monoisotopic (exact) mass is 739 g/mol. The summed E-state index contributed by atoms with van der Waals surface area (Å²) in [6, 6.07) is 0.118. The number of hydrogen-bond donors (Lipinski definition) is 5. The van der Waals surface area contributed by atoms with Crippen molar-refractivity contribution < 1.29 is 19.2 Å². The molecule has 53 heavy (non-hydrogen) atoms. The van der Waals surface area contributed by atoms with Gasteiger partial charge in [0.25, 0.3) is 0 Å². The van der Waals surface area contributed by atoms with Gasteiger partial charge in [-0.25, -0.2) is 4.79 Å². The van der Waals surface area contributed by atoms with Crippen LogP contribution in [0.5, 0.6) is 0 Å². The first-order chi connectivity index (χ1) is 25.7. The summed E-state index contributed by atoms with van der Waals surface area (Å²) >= 11 is 0. The van der Waals surface area contributed by atoms with Crippen LogP contribution in [-0.2, 0) is 14.4 Å². The number of likely N-dealkylation sites (tertiary alicyclic amines) is 3. The molecule has 6 saturated heterocycles. The summed E-state index contributed by atoms with van der Waals surface area (Å²) in [6.07, 6.45) is 16.3. The largest absolute Gasteiger partial charge is 0.368 e. The van der Waals surface area contributed by atoms with Crippen molar-refractivity contribution in [2.75, 3.05) is 59.4 Å². The van der Waals surface area contributed by atoms with Gasteiger partial charge in [-0.2, -0.15) is 0 Å². The van der Waals surface area contributed by atoms with E-state index in [9.17, 15) is 19.2 Å². The van der Waals surface area contributed by atoms with Crippen LogP contribution in [-0.4, -0.2) is 156 Å². The highest BCUT2D eigenvalue weighted by Gasteiger charge is 2.52. The van der Waals surface area contributed by atoms with E-state index in [0.29, 0.717) is 30.8 Å². The summed E-state index contributed by atoms with van der Waals surface area (Å²) in [5, 5.41) is 13.5. The molecule has 8 aliphatic rings. The van der Waals surface area contributed by atoms with E-state index >= 15 is 0 Å². The fraction of sp³-hybridized carbons (Fsp3) is 0.897. The zero-order chi connectivity index (χ0) is 36.6. The summed E-state index contributed by atoms with van der Waals surface area (Å²) in [6.45, 7) is 8.91. The summed E-state index contributed by atoms with van der Waals surface area (Å²) in [4.78, 5) is 61.7. The van der Waals surface area contributed by atoms with Gasteiger partial charge in [0.05, 0.1) is 24.4 Å². The molecule has 5 amide bonds. The number of hydrogen-bond acceptors (Lipinski definition) is 10. The molecule has 14 heteroatoms. The van der Waals surface area contributed by atoms with Gasteiger partial charge in [0.1, 0.15) is 12.1 Å². The average molecular weight is 739 g/mol. The molecule has 6 aliphatic heterocycles. The maximum atomic E-state index is 13.3. The van der Waals surface area contributed by atoms with Crippen LogP contribution in [0.3, 0.4) is 0 Å². The summed E-state index contributed by atoms with van der Waals surface area (Å²) < 4.78 is 0. The number of carbonyl (C=O) groups excluding carboxylic acids is 4. The topological polar surface area (TPSA) is 159 Å². The van der Waals surface area contributed by atoms with Gasteiger partial charge in [-0.15, -0.1) is 0 Å². The van der Waals surface area contributed by atoms with Crippen molar-refractivity contribution in [3.63, 3.8) is 0 Å². The Labute approximate surface area is 316 Å². The second-order valence-electron chi connectivity index (χ2n) is 18.0. The van der Waals surface area contributed by atoms with Crippen molar-refractivity contribution in [3.8, 4) is 0 Å². The van der Waals surface area contributed by atoms with Crippen LogP contribution in [0.4, 0.5) is 4.79 Å². The van der Waals surface area contributed by atoms with Crippen molar-refractivity contribution in [3.05, 3.63) is 0 Å². The smallest absolute Gasteiger partial charge is 0.321 e. The number of amides is 5. The number of primary amides is 1. The van der Waals surface area contributed by atoms with E-state index in [4.69, 9.17) is 5.73 Å². The van der Waals surface area contributed by atoms with Gasteiger partial charge in [-0.1, -0.05) is 6.42 Å². The van der Waals surface area contributed by atoms with E-state index in [2.05, 4.69) is 36.0 Å². The number of imide groups is 1. The normalized spacial score (nSPS) is 40.1. The number of fused-ring (bicyclic) bond motifs is 1. The molecule has 6 unspecified atom stereocenters. The third-order valence-corrected chi connectivity index (χ3v) is 14.9. The fourth-order valence-corrected chi connectivity index (χ4v) is 11.9. The molecule has 0 aromatic carbocycles. The van der Waals surface area contributed by atoms with Crippen molar-refractivity contribution in [1.82, 2.24) is 45.8 Å². The number of nitrogens with one attached hydrogen (secondary N) is 4. The molecule has 8 rings (SSSR count). The zero-order valence-electron chi connectivity index (χ0n) is 32.1. The van der Waals surface area contributed by atoms with Crippen LogP contribution in [0.15, 0.2) is 0 Å². The number of likely N-dealkylation sites (N-methyl/N-ethyl adjacent to an activating group) is 1. The maximum absolute atomic E-state index is 13.3. The Bertz CT molecular complexity index is 1330. The highest BCUT2D eigenvalue weighted by molar-refractivity contribution is 6.01. The first kappa shape index (κ1) is 37.6. The molecular formula is C39H66N10O4. The molecule has 0 aromatic rings. The van der Waals surface area contributed by atoms with Crippen molar-refractivity contribution >= 4 is 23.8 Å². The average Bonchev–Trinajstić information content (AvgIpc) is 3.74. The van der Waals surface area contributed by atoms with E-state index in [1.165, 1.54) is 83.8 Å². The summed E-state index contributed by atoms with van der Waals surface area (Å²) in [5.41, 5.74) is 5.84. The minimum Gasteiger partial charge on any atom is -0.368 e. The third kappa shape index (κ3) is 8.14. The van der Waals surface area contributed by atoms with Crippen LogP contribution >= 0.6 is 0 Å². The predicted molar refractivity (Wildman–Crippen MR) is 201 cm³/mol. The Kier molecular flexibility index (Phi) is 11.6. The van der Waals surface area contributed by atoms with Crippen LogP contribution in [0.2, 0.25) is 0 Å². The Balaban J connectivity index is 0.752. The minimum absolute atomic E-state index is 0.0520. The van der Waals surface area contributed by atoms with Crippen LogP contribution in [0, 0.1) is 17.8 Å². The first-order valence-corrected chi connectivity index (χ1v) is 21.4. The second kappa shape index (κ2) is 16.4. The van der Waals surface area contributed by atoms with Crippen LogP contribution in [0.25, 0.3) is 0 Å². The van der Waals surface area contributed by atoms with E-state index in [1.54, 1.807) is 4.90 Å². The Hall–Kier alpha value is -2.36. The highest BCUT2D eigenvalue weighted by atomic mass is 16.2. The Morgan fingerprint density at radius 3 is 2.32 bits per heavy atom. The molecule has 0 aromatic heterocycles. The van der Waals surface area contributed by atoms with Gasteiger partial charge in [0.15, 0.2) is 0 Å². The molecule has 0 radical (unpaired) electrons. The number of piperidine rings is 3. The molecule has 6 N–H and O–H groups in total. The van der Waals surface area contributed by atoms with Crippen LogP contribution < -0.4 is 27.0 Å². The zero-order valence-corrected chi connectivity index (χ0v) is 32.1. The molecule has 2 saturated carbocycles. The molecule has 296 valence electrons. The van der Waals surface area contributed by atoms with E-state index in [-0.39, 0.29) is 54.2 Å². The number of piperazine rings is 1. The number of rotatable bonds is 9. The SMILES string of the molecule is CN1C(=O)N([C@@H]2CCC(=O)NC2=O)C2CCC(N3CC[C@H](CN4CCC(C5CCC(NC6NC(N7CCCCC7)CNC6C(N)=O)CC5)CC4)C3)CC21. The predicted octanol–water partition coefficient (Wildman–Crippen LogP) is 0.816. The van der Waals surface area contributed by atoms with Crippen molar-refractivity contribution in [2.24, 2.45) is 23.5 Å². The quantitative estimate of drug-likeness (QED) is 0.215. The molecule has 8 atom stereocenters. The van der Waals surface area contributed by atoms with Gasteiger partial charge < -0.3 is 25.8 Å². The number of carbonyl (C=O) groups is 4.